The van der Waals surface area contributed by atoms with Crippen LogP contribution in [0.3, 0.4) is 0 Å². The Morgan fingerprint density at radius 1 is 1.22 bits per heavy atom. The van der Waals surface area contributed by atoms with E-state index in [4.69, 9.17) is 0 Å². The Hall–Kier alpha value is -2.13. The predicted octanol–water partition coefficient (Wildman–Crippen LogP) is 0.620. The molecule has 1 saturated heterocycles. The standard InChI is InChI=1S/C18H26N4O4S/c1-21(13-17(23)20-14-7-8-14)18(24)12-19-15-5-4-6-16(11-15)27(25,26)22-9-2-3-10-22/h4-6,11,14,19H,2-3,7-10,12-13H2,1H3,(H,20,23). The highest BCUT2D eigenvalue weighted by atomic mass is 32.2. The fraction of sp³-hybridized carbons (Fsp3) is 0.556. The van der Waals surface area contributed by atoms with Crippen molar-refractivity contribution in [2.75, 3.05) is 38.5 Å². The molecule has 2 amide bonds. The van der Waals surface area contributed by atoms with E-state index in [0.29, 0.717) is 18.8 Å². The van der Waals surface area contributed by atoms with E-state index in [2.05, 4.69) is 10.6 Å². The van der Waals surface area contributed by atoms with Gasteiger partial charge < -0.3 is 15.5 Å². The lowest BCUT2D eigenvalue weighted by atomic mass is 10.3. The van der Waals surface area contributed by atoms with E-state index in [0.717, 1.165) is 25.7 Å². The number of carbonyl (C=O) groups is 2. The molecule has 148 valence electrons. The number of anilines is 1. The smallest absolute Gasteiger partial charge is 0.243 e. The van der Waals surface area contributed by atoms with E-state index in [1.54, 1.807) is 31.3 Å². The first-order chi connectivity index (χ1) is 12.9. The molecule has 0 bridgehead atoms. The van der Waals surface area contributed by atoms with Gasteiger partial charge in [0, 0.05) is 31.9 Å². The molecule has 8 nitrogen and oxygen atoms in total. The van der Waals surface area contributed by atoms with Crippen LogP contribution in [0.15, 0.2) is 29.2 Å². The zero-order chi connectivity index (χ0) is 19.4. The number of hydrogen-bond donors (Lipinski definition) is 2. The zero-order valence-corrected chi connectivity index (χ0v) is 16.3. The monoisotopic (exact) mass is 394 g/mol. The normalized spacial score (nSPS) is 17.5. The molecule has 1 aromatic carbocycles. The summed E-state index contributed by atoms with van der Waals surface area (Å²) in [5, 5.41) is 5.79. The average molecular weight is 394 g/mol. The Balaban J connectivity index is 1.54. The van der Waals surface area contributed by atoms with Crippen molar-refractivity contribution >= 4 is 27.5 Å². The molecule has 0 atom stereocenters. The van der Waals surface area contributed by atoms with Gasteiger partial charge in [0.15, 0.2) is 0 Å². The van der Waals surface area contributed by atoms with Crippen LogP contribution < -0.4 is 10.6 Å². The number of hydrogen-bond acceptors (Lipinski definition) is 5. The van der Waals surface area contributed by atoms with Gasteiger partial charge >= 0.3 is 0 Å². The third-order valence-corrected chi connectivity index (χ3v) is 6.62. The van der Waals surface area contributed by atoms with Crippen molar-refractivity contribution in [1.82, 2.24) is 14.5 Å². The van der Waals surface area contributed by atoms with Crippen molar-refractivity contribution in [2.24, 2.45) is 0 Å². The third-order valence-electron chi connectivity index (χ3n) is 4.73. The molecule has 2 fully saturated rings. The summed E-state index contributed by atoms with van der Waals surface area (Å²) in [4.78, 5) is 25.5. The van der Waals surface area contributed by atoms with Gasteiger partial charge in [0.05, 0.1) is 18.0 Å². The second kappa shape index (κ2) is 8.26. The Labute approximate surface area is 160 Å². The lowest BCUT2D eigenvalue weighted by Crippen LogP contribution is -2.41. The number of sulfonamides is 1. The molecule has 2 aliphatic rings. The molecule has 0 spiro atoms. The SMILES string of the molecule is CN(CC(=O)NC1CC1)C(=O)CNc1cccc(S(=O)(=O)N2CCCC2)c1. The fourth-order valence-electron chi connectivity index (χ4n) is 2.96. The number of nitrogens with zero attached hydrogens (tertiary/aromatic N) is 2. The van der Waals surface area contributed by atoms with E-state index >= 15 is 0 Å². The molecular weight excluding hydrogens is 368 g/mol. The maximum atomic E-state index is 12.6. The number of benzene rings is 1. The van der Waals surface area contributed by atoms with E-state index in [9.17, 15) is 18.0 Å². The molecule has 1 saturated carbocycles. The molecule has 1 aromatic rings. The second-order valence-corrected chi connectivity index (χ2v) is 9.02. The molecule has 0 aromatic heterocycles. The molecule has 3 rings (SSSR count). The molecule has 9 heteroatoms. The molecule has 0 radical (unpaired) electrons. The van der Waals surface area contributed by atoms with Crippen LogP contribution in [0.2, 0.25) is 0 Å². The largest absolute Gasteiger partial charge is 0.376 e. The van der Waals surface area contributed by atoms with Gasteiger partial charge in [-0.25, -0.2) is 8.42 Å². The molecular formula is C18H26N4O4S. The predicted molar refractivity (Wildman–Crippen MR) is 102 cm³/mol. The van der Waals surface area contributed by atoms with Gasteiger partial charge in [0.2, 0.25) is 21.8 Å². The minimum absolute atomic E-state index is 0.0135. The van der Waals surface area contributed by atoms with E-state index in [1.807, 2.05) is 0 Å². The minimum Gasteiger partial charge on any atom is -0.376 e. The van der Waals surface area contributed by atoms with Gasteiger partial charge in [0.1, 0.15) is 0 Å². The Kier molecular flexibility index (Phi) is 6.01. The van der Waals surface area contributed by atoms with Crippen molar-refractivity contribution in [3.8, 4) is 0 Å². The third kappa shape index (κ3) is 5.20. The van der Waals surface area contributed by atoms with Crippen molar-refractivity contribution in [3.63, 3.8) is 0 Å². The van der Waals surface area contributed by atoms with Crippen LogP contribution in [-0.4, -0.2) is 68.7 Å². The van der Waals surface area contributed by atoms with Crippen LogP contribution in [0, 0.1) is 0 Å². The lowest BCUT2D eigenvalue weighted by Gasteiger charge is -2.18. The summed E-state index contributed by atoms with van der Waals surface area (Å²) in [5.74, 6) is -0.402. The highest BCUT2D eigenvalue weighted by Crippen LogP contribution is 2.23. The number of nitrogens with one attached hydrogen (secondary N) is 2. The Morgan fingerprint density at radius 2 is 1.93 bits per heavy atom. The van der Waals surface area contributed by atoms with Gasteiger partial charge in [-0.15, -0.1) is 0 Å². The van der Waals surface area contributed by atoms with Gasteiger partial charge in [-0.1, -0.05) is 6.07 Å². The first kappa shape index (κ1) is 19.6. The van der Waals surface area contributed by atoms with Gasteiger partial charge in [-0.05, 0) is 43.9 Å². The summed E-state index contributed by atoms with van der Waals surface area (Å²) >= 11 is 0. The summed E-state index contributed by atoms with van der Waals surface area (Å²) in [5.41, 5.74) is 0.555. The first-order valence-corrected chi connectivity index (χ1v) is 10.7. The van der Waals surface area contributed by atoms with Crippen LogP contribution in [-0.2, 0) is 19.6 Å². The molecule has 1 aliphatic carbocycles. The Morgan fingerprint density at radius 3 is 2.59 bits per heavy atom. The number of rotatable bonds is 8. The van der Waals surface area contributed by atoms with Gasteiger partial charge in [0.25, 0.3) is 0 Å². The molecule has 1 aliphatic heterocycles. The molecule has 27 heavy (non-hydrogen) atoms. The first-order valence-electron chi connectivity index (χ1n) is 9.23. The van der Waals surface area contributed by atoms with E-state index < -0.39 is 10.0 Å². The van der Waals surface area contributed by atoms with Gasteiger partial charge in [-0.2, -0.15) is 4.31 Å². The Bertz CT molecular complexity index is 801. The second-order valence-electron chi connectivity index (χ2n) is 7.08. The molecule has 2 N–H and O–H groups in total. The average Bonchev–Trinajstić information content (AvgIpc) is 3.26. The van der Waals surface area contributed by atoms with E-state index in [-0.39, 0.29) is 35.8 Å². The summed E-state index contributed by atoms with van der Waals surface area (Å²) in [6.45, 7) is 1.10. The summed E-state index contributed by atoms with van der Waals surface area (Å²) in [6.07, 6.45) is 3.77. The van der Waals surface area contributed by atoms with E-state index in [1.165, 1.54) is 9.21 Å². The van der Waals surface area contributed by atoms with Crippen LogP contribution in [0.4, 0.5) is 5.69 Å². The molecule has 0 unspecified atom stereocenters. The lowest BCUT2D eigenvalue weighted by molar-refractivity contribution is -0.133. The fourth-order valence-corrected chi connectivity index (χ4v) is 4.52. The van der Waals surface area contributed by atoms with Crippen LogP contribution in [0.25, 0.3) is 0 Å². The molecule has 1 heterocycles. The number of amides is 2. The zero-order valence-electron chi connectivity index (χ0n) is 15.5. The van der Waals surface area contributed by atoms with Crippen LogP contribution in [0.5, 0.6) is 0 Å². The van der Waals surface area contributed by atoms with Crippen LogP contribution >= 0.6 is 0 Å². The summed E-state index contributed by atoms with van der Waals surface area (Å²) in [7, 11) is -1.92. The highest BCUT2D eigenvalue weighted by molar-refractivity contribution is 7.89. The highest BCUT2D eigenvalue weighted by Gasteiger charge is 2.27. The number of likely N-dealkylation sites (N-methyl/N-ethyl adjacent to an activating group) is 1. The maximum Gasteiger partial charge on any atom is 0.243 e. The number of carbonyl (C=O) groups excluding carboxylic acids is 2. The minimum atomic E-state index is -3.49. The quantitative estimate of drug-likeness (QED) is 0.674. The van der Waals surface area contributed by atoms with Crippen molar-refractivity contribution < 1.29 is 18.0 Å². The topological polar surface area (TPSA) is 98.8 Å². The van der Waals surface area contributed by atoms with Gasteiger partial charge in [-0.3, -0.25) is 9.59 Å². The van der Waals surface area contributed by atoms with Crippen molar-refractivity contribution in [1.29, 1.82) is 0 Å². The van der Waals surface area contributed by atoms with Crippen LogP contribution in [0.1, 0.15) is 25.7 Å². The van der Waals surface area contributed by atoms with Crippen molar-refractivity contribution in [3.05, 3.63) is 24.3 Å². The summed E-state index contributed by atoms with van der Waals surface area (Å²) < 4.78 is 26.7. The summed E-state index contributed by atoms with van der Waals surface area (Å²) in [6, 6.07) is 6.74. The van der Waals surface area contributed by atoms with Crippen molar-refractivity contribution in [2.45, 2.75) is 36.6 Å². The maximum absolute atomic E-state index is 12.6.